The van der Waals surface area contributed by atoms with Crippen molar-refractivity contribution in [1.29, 1.82) is 0 Å². The van der Waals surface area contributed by atoms with Crippen LogP contribution >= 0.6 is 0 Å². The molecule has 4 rings (SSSR count). The van der Waals surface area contributed by atoms with Gasteiger partial charge in [0.15, 0.2) is 0 Å². The lowest BCUT2D eigenvalue weighted by atomic mass is 9.85. The number of ether oxygens (including phenoxy) is 3. The summed E-state index contributed by atoms with van der Waals surface area (Å²) in [5.74, 6) is -2.49. The van der Waals surface area contributed by atoms with Gasteiger partial charge in [-0.25, -0.2) is 0 Å². The van der Waals surface area contributed by atoms with Gasteiger partial charge in [-0.15, -0.1) is 5.48 Å². The number of aliphatic hydroxyl groups is 1. The van der Waals surface area contributed by atoms with Crippen LogP contribution in [0.15, 0.2) is 107 Å². The van der Waals surface area contributed by atoms with E-state index < -0.39 is 53.7 Å². The first-order chi connectivity index (χ1) is 29.2. The van der Waals surface area contributed by atoms with E-state index in [1.807, 2.05) is 56.3 Å². The first-order valence-corrected chi connectivity index (χ1v) is 20.5. The molecule has 14 heteroatoms. The summed E-state index contributed by atoms with van der Waals surface area (Å²) in [6.45, 7) is 11.6. The third kappa shape index (κ3) is 13.5. The fourth-order valence-corrected chi connectivity index (χ4v) is 7.45. The van der Waals surface area contributed by atoms with Gasteiger partial charge < -0.3 is 34.8 Å². The number of ketones is 2. The summed E-state index contributed by atoms with van der Waals surface area (Å²) >= 11 is 0. The molecule has 0 spiro atoms. The van der Waals surface area contributed by atoms with Crippen LogP contribution in [0.1, 0.15) is 75.4 Å². The number of aliphatic hydroxyl groups excluding tert-OH is 1. The second kappa shape index (κ2) is 23.5. The second-order valence-electron chi connectivity index (χ2n) is 15.6. The predicted molar refractivity (Wildman–Crippen MR) is 230 cm³/mol. The molecule has 14 nitrogen and oxygen atoms in total. The van der Waals surface area contributed by atoms with Gasteiger partial charge in [0.2, 0.25) is 11.6 Å². The number of hydroxylamine groups is 1. The average molecular weight is 841 g/mol. The Labute approximate surface area is 358 Å². The number of allylic oxidation sites excluding steroid dienone is 4. The number of nitrogens with one attached hydrogen (secondary N) is 3. The van der Waals surface area contributed by atoms with Crippen LogP contribution in [0.5, 0.6) is 5.75 Å². The molecule has 2 amide bonds. The molecule has 2 aromatic carbocycles. The number of nitrogens with zero attached hydrogens (tertiary/aromatic N) is 1. The van der Waals surface area contributed by atoms with Crippen LogP contribution in [0.4, 0.5) is 0 Å². The molecule has 6 atom stereocenters. The molecule has 1 heterocycles. The first-order valence-electron chi connectivity index (χ1n) is 20.5. The van der Waals surface area contributed by atoms with E-state index in [4.69, 9.17) is 19.0 Å². The largest absolute Gasteiger partial charge is 0.497 e. The van der Waals surface area contributed by atoms with E-state index >= 15 is 0 Å². The van der Waals surface area contributed by atoms with Gasteiger partial charge in [-0.2, -0.15) is 0 Å². The van der Waals surface area contributed by atoms with Crippen LogP contribution in [0.3, 0.4) is 0 Å². The van der Waals surface area contributed by atoms with Crippen molar-refractivity contribution in [2.75, 3.05) is 27.9 Å². The number of Topliss-reactive ketones (excluding diaryl/α,β-unsaturated/α-hetero) is 1. The number of rotatable bonds is 14. The van der Waals surface area contributed by atoms with E-state index in [0.717, 1.165) is 42.5 Å². The molecule has 61 heavy (non-hydrogen) atoms. The molecule has 0 aromatic heterocycles. The highest BCUT2D eigenvalue weighted by molar-refractivity contribution is 6.24. The highest BCUT2D eigenvalue weighted by Gasteiger charge is 2.34. The van der Waals surface area contributed by atoms with Gasteiger partial charge in [0, 0.05) is 56.0 Å². The van der Waals surface area contributed by atoms with Crippen molar-refractivity contribution in [3.05, 3.63) is 124 Å². The summed E-state index contributed by atoms with van der Waals surface area (Å²) in [6.07, 6.45) is 6.44. The van der Waals surface area contributed by atoms with Crippen LogP contribution in [0, 0.1) is 11.8 Å². The van der Waals surface area contributed by atoms with E-state index in [2.05, 4.69) is 27.9 Å². The third-order valence-electron chi connectivity index (χ3n) is 10.8. The van der Waals surface area contributed by atoms with Gasteiger partial charge in [-0.1, -0.05) is 74.9 Å². The molecule has 4 N–H and O–H groups in total. The Balaban J connectivity index is 1.63. The fourth-order valence-electron chi connectivity index (χ4n) is 7.45. The van der Waals surface area contributed by atoms with Gasteiger partial charge in [0.05, 0.1) is 42.9 Å². The topological polar surface area (TPSA) is 182 Å². The second-order valence-corrected chi connectivity index (χ2v) is 15.6. The molecule has 1 aliphatic carbocycles. The van der Waals surface area contributed by atoms with Crippen LogP contribution in [-0.4, -0.2) is 92.1 Å². The maximum atomic E-state index is 14.2. The van der Waals surface area contributed by atoms with Crippen molar-refractivity contribution in [1.82, 2.24) is 21.0 Å². The lowest BCUT2D eigenvalue weighted by molar-refractivity contribution is -0.138. The SMILES string of the molecule is CCCN(Cc1ccc(OC)cc1)Cc1ccc(C(=O)NC2=C3C[C@@H](C)C[C@H](OC)[C@H](O)[C@@H](C)/C=C(\C)[C@H](NOC=O)[C@@H](OC)/C=C\C=C(/C)C(=O)NC(=CC2=O)C3=O)cc1. The lowest BCUT2D eigenvalue weighted by Crippen LogP contribution is -2.41. The average Bonchev–Trinajstić information content (AvgIpc) is 3.24. The van der Waals surface area contributed by atoms with Crippen molar-refractivity contribution in [2.45, 2.75) is 91.3 Å². The summed E-state index contributed by atoms with van der Waals surface area (Å²) < 4.78 is 16.7. The van der Waals surface area contributed by atoms with E-state index in [1.54, 1.807) is 45.2 Å². The minimum Gasteiger partial charge on any atom is -0.497 e. The Kier molecular flexibility index (Phi) is 18.5. The maximum Gasteiger partial charge on any atom is 0.312 e. The summed E-state index contributed by atoms with van der Waals surface area (Å²) in [6, 6.07) is 14.4. The maximum absolute atomic E-state index is 14.2. The van der Waals surface area contributed by atoms with Gasteiger partial charge >= 0.3 is 6.47 Å². The molecule has 0 fully saturated rings. The molecular weight excluding hydrogens is 781 g/mol. The van der Waals surface area contributed by atoms with Gasteiger partial charge in [-0.3, -0.25) is 28.9 Å². The zero-order valence-corrected chi connectivity index (χ0v) is 36.4. The zero-order valence-electron chi connectivity index (χ0n) is 36.4. The van der Waals surface area contributed by atoms with Crippen LogP contribution in [0.2, 0.25) is 0 Å². The minimum atomic E-state index is -1.01. The summed E-state index contributed by atoms with van der Waals surface area (Å²) in [5.41, 5.74) is 5.64. The van der Waals surface area contributed by atoms with Gasteiger partial charge in [0.1, 0.15) is 5.75 Å². The Morgan fingerprint density at radius 3 is 2.21 bits per heavy atom. The quantitative estimate of drug-likeness (QED) is 0.0847. The number of methoxy groups -OCH3 is 3. The Hall–Kier alpha value is -5.51. The molecule has 2 aromatic rings. The Morgan fingerprint density at radius 1 is 0.967 bits per heavy atom. The molecule has 0 radical (unpaired) electrons. The van der Waals surface area contributed by atoms with Crippen molar-refractivity contribution in [3.63, 3.8) is 0 Å². The summed E-state index contributed by atoms with van der Waals surface area (Å²) in [7, 11) is 4.59. The van der Waals surface area contributed by atoms with E-state index in [1.165, 1.54) is 20.3 Å². The number of fused-ring (bicyclic) bond motifs is 2. The number of carbonyl (C=O) groups excluding carboxylic acids is 5. The van der Waals surface area contributed by atoms with Crippen molar-refractivity contribution >= 4 is 29.9 Å². The van der Waals surface area contributed by atoms with Gasteiger partial charge in [-0.05, 0) is 81.0 Å². The number of hydrogen-bond donors (Lipinski definition) is 4. The minimum absolute atomic E-state index is 0.0196. The van der Waals surface area contributed by atoms with Crippen LogP contribution < -0.4 is 20.9 Å². The normalized spacial score (nSPS) is 25.4. The third-order valence-corrected chi connectivity index (χ3v) is 10.8. The zero-order chi connectivity index (χ0) is 44.6. The van der Waals surface area contributed by atoms with Crippen molar-refractivity contribution < 1.29 is 48.1 Å². The fraction of sp³-hybridized carbons (Fsp3) is 0.426. The molecule has 0 saturated heterocycles. The Bertz CT molecular complexity index is 2020. The Morgan fingerprint density at radius 2 is 1.62 bits per heavy atom. The number of hydrogen-bond acceptors (Lipinski definition) is 12. The lowest BCUT2D eigenvalue weighted by Gasteiger charge is -2.30. The van der Waals surface area contributed by atoms with E-state index in [9.17, 15) is 29.1 Å². The number of benzene rings is 2. The van der Waals surface area contributed by atoms with Crippen molar-refractivity contribution in [3.8, 4) is 5.75 Å². The monoisotopic (exact) mass is 840 g/mol. The number of amides is 2. The highest BCUT2D eigenvalue weighted by Crippen LogP contribution is 2.29. The summed E-state index contributed by atoms with van der Waals surface area (Å²) in [5, 5.41) is 16.8. The van der Waals surface area contributed by atoms with E-state index in [0.29, 0.717) is 17.7 Å². The van der Waals surface area contributed by atoms with Gasteiger partial charge in [0.25, 0.3) is 11.8 Å². The molecule has 328 valence electrons. The molecular formula is C47H60N4O10. The first kappa shape index (κ1) is 48.2. The highest BCUT2D eigenvalue weighted by atomic mass is 16.7. The smallest absolute Gasteiger partial charge is 0.312 e. The molecule has 1 aliphatic heterocycles. The number of carbonyl (C=O) groups is 5. The van der Waals surface area contributed by atoms with E-state index in [-0.39, 0.29) is 47.8 Å². The summed E-state index contributed by atoms with van der Waals surface area (Å²) in [4.78, 5) is 73.4. The standard InChI is InChI=1S/C47H60N4O10/c1-9-21-51(27-34-15-19-36(58-6)20-16-34)26-33-13-17-35(18-14-33)47(57)49-43-37-22-29(2)23-41(60-8)44(54)32(5)24-31(4)42(50-61-28-52)40(59-7)12-10-11-30(3)46(56)48-38(45(37)55)25-39(43)53/h10-20,24-25,28-29,32,40-42,44,50,54H,9,21-23,26-27H2,1-8H3,(H,48,56)(H,49,57)/b12-10-,30-11+,31-24+/t29-,32+,40+,41+,42+,44-/m1/s1. The molecule has 0 unspecified atom stereocenters. The predicted octanol–water partition coefficient (Wildman–Crippen LogP) is 5.20. The van der Waals surface area contributed by atoms with Crippen molar-refractivity contribution in [2.24, 2.45) is 11.8 Å². The molecule has 2 bridgehead atoms. The van der Waals surface area contributed by atoms with Crippen LogP contribution in [0.25, 0.3) is 0 Å². The molecule has 2 aliphatic rings. The molecule has 0 saturated carbocycles. The van der Waals surface area contributed by atoms with Crippen LogP contribution in [-0.2, 0) is 46.6 Å².